The van der Waals surface area contributed by atoms with Gasteiger partial charge in [-0.05, 0) is 40.2 Å². The molecule has 0 aliphatic heterocycles. The zero-order valence-corrected chi connectivity index (χ0v) is 12.0. The standard InChI is InChI=1S/C13H11BrF3NO2/c1-19-8-2-3-11(9(6-8)13(15,16)17)18-7-12-10(14)4-5-20-12/h2-6,18H,7H2,1H3. The van der Waals surface area contributed by atoms with Crippen LogP contribution in [0.3, 0.4) is 0 Å². The first kappa shape index (κ1) is 14.8. The van der Waals surface area contributed by atoms with Crippen LogP contribution in [0.5, 0.6) is 5.75 Å². The van der Waals surface area contributed by atoms with Crippen molar-refractivity contribution in [3.63, 3.8) is 0 Å². The maximum Gasteiger partial charge on any atom is 0.418 e. The molecule has 0 unspecified atom stereocenters. The number of benzene rings is 1. The van der Waals surface area contributed by atoms with Crippen molar-refractivity contribution in [2.75, 3.05) is 12.4 Å². The third-order valence-electron chi connectivity index (χ3n) is 2.66. The Balaban J connectivity index is 2.25. The summed E-state index contributed by atoms with van der Waals surface area (Å²) in [5.41, 5.74) is -0.805. The molecule has 0 aliphatic rings. The van der Waals surface area contributed by atoms with E-state index in [0.717, 1.165) is 6.07 Å². The minimum atomic E-state index is -4.46. The lowest BCUT2D eigenvalue weighted by molar-refractivity contribution is -0.137. The Morgan fingerprint density at radius 1 is 1.30 bits per heavy atom. The minimum Gasteiger partial charge on any atom is -0.497 e. The maximum absolute atomic E-state index is 13.0. The van der Waals surface area contributed by atoms with Gasteiger partial charge < -0.3 is 14.5 Å². The molecule has 1 aromatic carbocycles. The van der Waals surface area contributed by atoms with E-state index in [2.05, 4.69) is 21.2 Å². The average molecular weight is 350 g/mol. The number of alkyl halides is 3. The largest absolute Gasteiger partial charge is 0.497 e. The lowest BCUT2D eigenvalue weighted by Gasteiger charge is -2.15. The van der Waals surface area contributed by atoms with Crippen LogP contribution in [0, 0.1) is 0 Å². The van der Waals surface area contributed by atoms with E-state index in [0.29, 0.717) is 10.2 Å². The molecular weight excluding hydrogens is 339 g/mol. The van der Waals surface area contributed by atoms with Gasteiger partial charge in [0.2, 0.25) is 0 Å². The van der Waals surface area contributed by atoms with E-state index in [4.69, 9.17) is 9.15 Å². The molecule has 2 aromatic rings. The number of hydrogen-bond acceptors (Lipinski definition) is 3. The van der Waals surface area contributed by atoms with E-state index < -0.39 is 11.7 Å². The molecule has 1 heterocycles. The highest BCUT2D eigenvalue weighted by atomic mass is 79.9. The Morgan fingerprint density at radius 3 is 2.60 bits per heavy atom. The predicted octanol–water partition coefficient (Wildman–Crippen LogP) is 4.68. The predicted molar refractivity (Wildman–Crippen MR) is 71.7 cm³/mol. The number of rotatable bonds is 4. The van der Waals surface area contributed by atoms with E-state index in [1.165, 1.54) is 25.5 Å². The second-order valence-electron chi connectivity index (χ2n) is 3.95. The fourth-order valence-corrected chi connectivity index (χ4v) is 2.01. The van der Waals surface area contributed by atoms with Crippen LogP contribution in [0.15, 0.2) is 39.4 Å². The Hall–Kier alpha value is -1.63. The van der Waals surface area contributed by atoms with Crippen molar-refractivity contribution in [2.45, 2.75) is 12.7 Å². The van der Waals surface area contributed by atoms with Crippen molar-refractivity contribution in [3.8, 4) is 5.75 Å². The molecule has 2 rings (SSSR count). The molecule has 0 atom stereocenters. The minimum absolute atomic E-state index is 0.0263. The van der Waals surface area contributed by atoms with Crippen LogP contribution in [-0.2, 0) is 12.7 Å². The summed E-state index contributed by atoms with van der Waals surface area (Å²) in [7, 11) is 1.32. The normalized spacial score (nSPS) is 11.4. The summed E-state index contributed by atoms with van der Waals surface area (Å²) in [6, 6.07) is 5.43. The molecule has 0 saturated carbocycles. The summed E-state index contributed by atoms with van der Waals surface area (Å²) in [4.78, 5) is 0. The van der Waals surface area contributed by atoms with E-state index in [1.54, 1.807) is 6.07 Å². The molecule has 1 aromatic heterocycles. The highest BCUT2D eigenvalue weighted by molar-refractivity contribution is 9.10. The third-order valence-corrected chi connectivity index (χ3v) is 3.37. The molecule has 3 nitrogen and oxygen atoms in total. The van der Waals surface area contributed by atoms with Gasteiger partial charge >= 0.3 is 6.18 Å². The van der Waals surface area contributed by atoms with Crippen molar-refractivity contribution in [2.24, 2.45) is 0 Å². The molecule has 0 aliphatic carbocycles. The van der Waals surface area contributed by atoms with Crippen LogP contribution in [0.2, 0.25) is 0 Å². The molecule has 108 valence electrons. The molecule has 0 fully saturated rings. The maximum atomic E-state index is 13.0. The molecule has 0 radical (unpaired) electrons. The zero-order chi connectivity index (χ0) is 14.8. The van der Waals surface area contributed by atoms with Gasteiger partial charge in [0, 0.05) is 5.69 Å². The number of anilines is 1. The Labute approximate surface area is 121 Å². The smallest absolute Gasteiger partial charge is 0.418 e. The van der Waals surface area contributed by atoms with Gasteiger partial charge in [0.25, 0.3) is 0 Å². The highest BCUT2D eigenvalue weighted by Gasteiger charge is 2.34. The summed E-state index contributed by atoms with van der Waals surface area (Å²) in [5, 5.41) is 2.72. The van der Waals surface area contributed by atoms with Crippen LogP contribution < -0.4 is 10.1 Å². The van der Waals surface area contributed by atoms with E-state index in [9.17, 15) is 13.2 Å². The van der Waals surface area contributed by atoms with Gasteiger partial charge in [-0.3, -0.25) is 0 Å². The van der Waals surface area contributed by atoms with E-state index in [-0.39, 0.29) is 18.0 Å². The number of halogens is 4. The number of furan rings is 1. The summed E-state index contributed by atoms with van der Waals surface area (Å²) >= 11 is 3.24. The molecule has 0 spiro atoms. The van der Waals surface area contributed by atoms with Crippen LogP contribution in [0.4, 0.5) is 18.9 Å². The van der Waals surface area contributed by atoms with E-state index in [1.807, 2.05) is 0 Å². The van der Waals surface area contributed by atoms with Crippen LogP contribution in [0.1, 0.15) is 11.3 Å². The van der Waals surface area contributed by atoms with Gasteiger partial charge in [0.05, 0.1) is 30.0 Å². The van der Waals surface area contributed by atoms with Crippen molar-refractivity contribution in [3.05, 3.63) is 46.3 Å². The van der Waals surface area contributed by atoms with Gasteiger partial charge in [0.1, 0.15) is 11.5 Å². The van der Waals surface area contributed by atoms with Gasteiger partial charge in [-0.25, -0.2) is 0 Å². The number of methoxy groups -OCH3 is 1. The topological polar surface area (TPSA) is 34.4 Å². The number of hydrogen-bond donors (Lipinski definition) is 1. The van der Waals surface area contributed by atoms with Crippen molar-refractivity contribution in [1.29, 1.82) is 0 Å². The first-order valence-electron chi connectivity index (χ1n) is 5.63. The first-order chi connectivity index (χ1) is 9.41. The fraction of sp³-hybridized carbons (Fsp3) is 0.231. The molecule has 0 saturated heterocycles. The number of ether oxygens (including phenoxy) is 1. The van der Waals surface area contributed by atoms with Crippen LogP contribution in [0.25, 0.3) is 0 Å². The van der Waals surface area contributed by atoms with E-state index >= 15 is 0 Å². The summed E-state index contributed by atoms with van der Waals surface area (Å²) in [6.45, 7) is 0.142. The van der Waals surface area contributed by atoms with Crippen molar-refractivity contribution in [1.82, 2.24) is 0 Å². The second-order valence-corrected chi connectivity index (χ2v) is 4.81. The van der Waals surface area contributed by atoms with Crippen LogP contribution in [-0.4, -0.2) is 7.11 Å². The zero-order valence-electron chi connectivity index (χ0n) is 10.4. The first-order valence-corrected chi connectivity index (χ1v) is 6.42. The second kappa shape index (κ2) is 5.78. The quantitative estimate of drug-likeness (QED) is 0.869. The number of nitrogens with one attached hydrogen (secondary N) is 1. The molecule has 0 bridgehead atoms. The van der Waals surface area contributed by atoms with Gasteiger partial charge in [-0.2, -0.15) is 13.2 Å². The fourth-order valence-electron chi connectivity index (χ4n) is 1.67. The lowest BCUT2D eigenvalue weighted by Crippen LogP contribution is -2.11. The highest BCUT2D eigenvalue weighted by Crippen LogP contribution is 2.37. The third kappa shape index (κ3) is 3.27. The summed E-state index contributed by atoms with van der Waals surface area (Å²) in [6.07, 6.45) is -3.00. The van der Waals surface area contributed by atoms with Crippen LogP contribution >= 0.6 is 15.9 Å². The molecule has 0 amide bonds. The van der Waals surface area contributed by atoms with Gasteiger partial charge in [-0.15, -0.1) is 0 Å². The average Bonchev–Trinajstić information content (AvgIpc) is 2.80. The lowest BCUT2D eigenvalue weighted by atomic mass is 10.1. The van der Waals surface area contributed by atoms with Crippen molar-refractivity contribution >= 4 is 21.6 Å². The van der Waals surface area contributed by atoms with Gasteiger partial charge in [0.15, 0.2) is 0 Å². The molecule has 1 N–H and O–H groups in total. The molecular formula is C13H11BrF3NO2. The Kier molecular flexibility index (Phi) is 4.27. The summed E-state index contributed by atoms with van der Waals surface area (Å²) < 4.78 is 49.6. The van der Waals surface area contributed by atoms with Gasteiger partial charge in [-0.1, -0.05) is 0 Å². The Morgan fingerprint density at radius 2 is 2.05 bits per heavy atom. The SMILES string of the molecule is COc1ccc(NCc2occc2Br)c(C(F)(F)F)c1. The summed E-state index contributed by atoms with van der Waals surface area (Å²) in [5.74, 6) is 0.677. The monoisotopic (exact) mass is 349 g/mol. The Bertz CT molecular complexity index is 596. The van der Waals surface area contributed by atoms with Crippen molar-refractivity contribution < 1.29 is 22.3 Å². The molecule has 7 heteroatoms. The molecule has 20 heavy (non-hydrogen) atoms.